The van der Waals surface area contributed by atoms with Crippen molar-refractivity contribution in [3.8, 4) is 5.75 Å². The maximum atomic E-state index is 12.6. The van der Waals surface area contributed by atoms with Crippen LogP contribution in [0.2, 0.25) is 0 Å². The summed E-state index contributed by atoms with van der Waals surface area (Å²) in [6.07, 6.45) is 16.3. The van der Waals surface area contributed by atoms with Gasteiger partial charge in [0.05, 0.1) is 27.3 Å². The van der Waals surface area contributed by atoms with Gasteiger partial charge in [0.25, 0.3) is 0 Å². The lowest BCUT2D eigenvalue weighted by atomic mass is 10.0. The molecule has 212 valence electrons. The van der Waals surface area contributed by atoms with Crippen LogP contribution in [0.3, 0.4) is 0 Å². The van der Waals surface area contributed by atoms with Gasteiger partial charge in [0, 0.05) is 5.56 Å². The molecule has 0 amide bonds. The summed E-state index contributed by atoms with van der Waals surface area (Å²) in [5.41, 5.74) is 2.54. The van der Waals surface area contributed by atoms with E-state index in [9.17, 15) is 4.79 Å². The molecule has 0 saturated carbocycles. The Morgan fingerprint density at radius 1 is 0.737 bits per heavy atom. The van der Waals surface area contributed by atoms with Gasteiger partial charge < -0.3 is 14.0 Å². The summed E-state index contributed by atoms with van der Waals surface area (Å²) in [7, 11) is 4.17. The van der Waals surface area contributed by atoms with Gasteiger partial charge in [-0.2, -0.15) is 0 Å². The van der Waals surface area contributed by atoms with Crippen molar-refractivity contribution in [2.24, 2.45) is 0 Å². The molecule has 1 unspecified atom stereocenters. The van der Waals surface area contributed by atoms with Crippen molar-refractivity contribution >= 4 is 5.97 Å². The monoisotopic (exact) mass is 524 g/mol. The van der Waals surface area contributed by atoms with Gasteiger partial charge in [-0.25, -0.2) is 4.79 Å². The van der Waals surface area contributed by atoms with E-state index in [-0.39, 0.29) is 12.0 Å². The van der Waals surface area contributed by atoms with E-state index < -0.39 is 0 Å². The minimum Gasteiger partial charge on any atom is -0.493 e. The fourth-order valence-electron chi connectivity index (χ4n) is 4.81. The Labute approximate surface area is 233 Å². The molecule has 4 heteroatoms. The number of nitrogens with zero attached hydrogens (tertiary/aromatic N) is 1. The van der Waals surface area contributed by atoms with E-state index in [1.54, 1.807) is 0 Å². The van der Waals surface area contributed by atoms with Crippen molar-refractivity contribution in [3.05, 3.63) is 65.7 Å². The topological polar surface area (TPSA) is 35.5 Å². The van der Waals surface area contributed by atoms with Crippen LogP contribution in [0.15, 0.2) is 54.6 Å². The number of ether oxygens (including phenoxy) is 2. The average molecular weight is 525 g/mol. The van der Waals surface area contributed by atoms with E-state index in [0.717, 1.165) is 31.6 Å². The highest BCUT2D eigenvalue weighted by atomic mass is 16.5. The fourth-order valence-corrected chi connectivity index (χ4v) is 4.81. The zero-order valence-electron chi connectivity index (χ0n) is 24.8. The first-order valence-electron chi connectivity index (χ1n) is 15.2. The van der Waals surface area contributed by atoms with Crippen molar-refractivity contribution in [2.45, 2.75) is 110 Å². The van der Waals surface area contributed by atoms with Crippen molar-refractivity contribution in [1.29, 1.82) is 0 Å². The fraction of sp³-hybridized carbons (Fsp3) is 0.618. The Kier molecular flexibility index (Phi) is 15.8. The van der Waals surface area contributed by atoms with Gasteiger partial charge >= 0.3 is 5.97 Å². The first-order chi connectivity index (χ1) is 18.4. The number of hydrogen-bond donors (Lipinski definition) is 0. The van der Waals surface area contributed by atoms with Crippen LogP contribution in [0, 0.1) is 0 Å². The molecule has 0 aliphatic heterocycles. The number of para-hydroxylation sites is 1. The number of carbonyl (C=O) groups excluding carboxylic acids is 1. The molecule has 2 aromatic carbocycles. The molecule has 0 bridgehead atoms. The van der Waals surface area contributed by atoms with Gasteiger partial charge in [-0.1, -0.05) is 113 Å². The van der Waals surface area contributed by atoms with Gasteiger partial charge in [-0.15, -0.1) is 0 Å². The molecule has 4 nitrogen and oxygen atoms in total. The van der Waals surface area contributed by atoms with Crippen LogP contribution in [0.4, 0.5) is 0 Å². The minimum absolute atomic E-state index is 0.131. The van der Waals surface area contributed by atoms with Gasteiger partial charge in [0.15, 0.2) is 6.04 Å². The van der Waals surface area contributed by atoms with E-state index in [2.05, 4.69) is 57.4 Å². The lowest BCUT2D eigenvalue weighted by molar-refractivity contribution is -0.917. The molecule has 2 aromatic rings. The Balaban J connectivity index is 1.58. The van der Waals surface area contributed by atoms with Crippen molar-refractivity contribution < 1.29 is 18.8 Å². The van der Waals surface area contributed by atoms with Crippen LogP contribution in [-0.2, 0) is 22.5 Å². The number of unbranched alkanes of at least 4 members (excludes halogenated alkanes) is 10. The largest absolute Gasteiger partial charge is 0.493 e. The van der Waals surface area contributed by atoms with Crippen LogP contribution in [0.5, 0.6) is 5.75 Å². The number of likely N-dealkylation sites (N-methyl/N-ethyl adjacent to an activating group) is 1. The average Bonchev–Trinajstić information content (AvgIpc) is 2.92. The molecule has 0 N–H and O–H groups in total. The summed E-state index contributed by atoms with van der Waals surface area (Å²) < 4.78 is 12.3. The summed E-state index contributed by atoms with van der Waals surface area (Å²) in [5, 5.41) is 0. The maximum Gasteiger partial charge on any atom is 0.364 e. The van der Waals surface area contributed by atoms with Crippen molar-refractivity contribution in [1.82, 2.24) is 0 Å². The molecule has 0 aliphatic rings. The molecular formula is C34H54NO3+. The molecule has 1 atom stereocenters. The summed E-state index contributed by atoms with van der Waals surface area (Å²) in [6.45, 7) is 6.12. The molecular weight excluding hydrogens is 470 g/mol. The summed E-state index contributed by atoms with van der Waals surface area (Å²) in [6, 6.07) is 18.5. The smallest absolute Gasteiger partial charge is 0.364 e. The highest BCUT2D eigenvalue weighted by molar-refractivity contribution is 5.74. The molecule has 0 aliphatic carbocycles. The zero-order valence-corrected chi connectivity index (χ0v) is 24.8. The van der Waals surface area contributed by atoms with E-state index in [0.29, 0.717) is 17.7 Å². The van der Waals surface area contributed by atoms with Gasteiger partial charge in [0.2, 0.25) is 0 Å². The molecule has 0 heterocycles. The number of quaternary nitrogens is 1. The second-order valence-electron chi connectivity index (χ2n) is 11.4. The van der Waals surface area contributed by atoms with Gasteiger partial charge in [-0.05, 0) is 44.2 Å². The van der Waals surface area contributed by atoms with E-state index in [1.807, 2.05) is 25.1 Å². The Hall–Kier alpha value is -2.33. The first kappa shape index (κ1) is 31.9. The zero-order chi connectivity index (χ0) is 27.5. The second kappa shape index (κ2) is 18.8. The lowest BCUT2D eigenvalue weighted by Gasteiger charge is -2.34. The normalized spacial score (nSPS) is 12.3. The van der Waals surface area contributed by atoms with E-state index >= 15 is 0 Å². The maximum absolute atomic E-state index is 12.6. The Morgan fingerprint density at radius 3 is 2.00 bits per heavy atom. The summed E-state index contributed by atoms with van der Waals surface area (Å²) in [4.78, 5) is 12.6. The van der Waals surface area contributed by atoms with Crippen LogP contribution < -0.4 is 4.74 Å². The first-order valence-corrected chi connectivity index (χ1v) is 15.2. The molecule has 0 fully saturated rings. The number of rotatable bonds is 21. The van der Waals surface area contributed by atoms with Crippen LogP contribution in [-0.4, -0.2) is 43.8 Å². The number of carbonyl (C=O) groups is 1. The van der Waals surface area contributed by atoms with Crippen LogP contribution in [0.1, 0.15) is 102 Å². The molecule has 0 spiro atoms. The number of esters is 1. The third-order valence-electron chi connectivity index (χ3n) is 7.64. The Bertz CT molecular complexity index is 880. The molecule has 0 aromatic heterocycles. The molecule has 38 heavy (non-hydrogen) atoms. The minimum atomic E-state index is -0.218. The summed E-state index contributed by atoms with van der Waals surface area (Å²) >= 11 is 0. The van der Waals surface area contributed by atoms with E-state index in [4.69, 9.17) is 9.47 Å². The van der Waals surface area contributed by atoms with Gasteiger partial charge in [-0.3, -0.25) is 0 Å². The van der Waals surface area contributed by atoms with Crippen molar-refractivity contribution in [3.63, 3.8) is 0 Å². The highest BCUT2D eigenvalue weighted by Crippen LogP contribution is 2.21. The predicted octanol–water partition coefficient (Wildman–Crippen LogP) is 8.52. The van der Waals surface area contributed by atoms with Gasteiger partial charge in [0.1, 0.15) is 12.3 Å². The van der Waals surface area contributed by atoms with Crippen molar-refractivity contribution in [2.75, 3.05) is 27.3 Å². The second-order valence-corrected chi connectivity index (χ2v) is 11.4. The van der Waals surface area contributed by atoms with Crippen LogP contribution in [0.25, 0.3) is 0 Å². The standard InChI is InChI=1S/C34H54NO3/c1-5-6-7-8-9-10-11-12-13-17-24-32-25-18-19-26-33(32)37-27-20-21-28-38-34(36)30(2)35(3,4)29-31-22-15-14-16-23-31/h14-16,18-19,22-23,25-26,30H,5-13,17,20-21,24,27-29H2,1-4H3/q+1. The highest BCUT2D eigenvalue weighted by Gasteiger charge is 2.32. The quantitative estimate of drug-likeness (QED) is 0.0932. The third kappa shape index (κ3) is 13.0. The number of benzene rings is 2. The Morgan fingerprint density at radius 2 is 1.32 bits per heavy atom. The number of hydrogen-bond acceptors (Lipinski definition) is 3. The summed E-state index contributed by atoms with van der Waals surface area (Å²) in [5.74, 6) is 0.877. The molecule has 0 radical (unpaired) electrons. The predicted molar refractivity (Wildman–Crippen MR) is 159 cm³/mol. The molecule has 2 rings (SSSR count). The number of aryl methyl sites for hydroxylation is 1. The lowest BCUT2D eigenvalue weighted by Crippen LogP contribution is -2.51. The van der Waals surface area contributed by atoms with E-state index in [1.165, 1.54) is 75.3 Å². The van der Waals surface area contributed by atoms with Crippen LogP contribution >= 0.6 is 0 Å². The third-order valence-corrected chi connectivity index (χ3v) is 7.64. The SMILES string of the molecule is CCCCCCCCCCCCc1ccccc1OCCCCOC(=O)C(C)[N+](C)(C)Cc1ccccc1. The molecule has 0 saturated heterocycles.